The minimum atomic E-state index is -0.160. The Morgan fingerprint density at radius 3 is 2.70 bits per heavy atom. The molecule has 1 aromatic heterocycles. The van der Waals surface area contributed by atoms with E-state index in [4.69, 9.17) is 5.73 Å². The highest BCUT2D eigenvalue weighted by atomic mass is 16.1. The van der Waals surface area contributed by atoms with Crippen molar-refractivity contribution in [2.45, 2.75) is 0 Å². The predicted octanol–water partition coefficient (Wildman–Crippen LogP) is 1.76. The summed E-state index contributed by atoms with van der Waals surface area (Å²) in [6.45, 7) is 0.141. The van der Waals surface area contributed by atoms with Crippen LogP contribution in [0, 0.1) is 0 Å². The van der Waals surface area contributed by atoms with E-state index in [2.05, 4.69) is 20.9 Å². The molecule has 0 unspecified atom stereocenters. The minimum absolute atomic E-state index is 0.141. The van der Waals surface area contributed by atoms with E-state index in [0.29, 0.717) is 11.4 Å². The molecule has 0 spiro atoms. The Bertz CT molecular complexity index is 582. The summed E-state index contributed by atoms with van der Waals surface area (Å²) in [7, 11) is 1.79. The van der Waals surface area contributed by atoms with Gasteiger partial charge in [0.15, 0.2) is 0 Å². The van der Waals surface area contributed by atoms with E-state index in [1.54, 1.807) is 31.4 Å². The summed E-state index contributed by atoms with van der Waals surface area (Å²) < 4.78 is 0. The number of hydrogen-bond donors (Lipinski definition) is 4. The summed E-state index contributed by atoms with van der Waals surface area (Å²) in [4.78, 5) is 15.9. The Morgan fingerprint density at radius 2 is 2.05 bits per heavy atom. The zero-order valence-corrected chi connectivity index (χ0v) is 11.2. The topological polar surface area (TPSA) is 92.1 Å². The van der Waals surface area contributed by atoms with Gasteiger partial charge in [0.1, 0.15) is 5.82 Å². The van der Waals surface area contributed by atoms with Crippen LogP contribution in [-0.4, -0.2) is 24.5 Å². The van der Waals surface area contributed by atoms with Gasteiger partial charge in [0, 0.05) is 7.05 Å². The van der Waals surface area contributed by atoms with Gasteiger partial charge in [0.2, 0.25) is 5.91 Å². The van der Waals surface area contributed by atoms with Gasteiger partial charge in [0.25, 0.3) is 0 Å². The maximum absolute atomic E-state index is 11.8. The van der Waals surface area contributed by atoms with Crippen molar-refractivity contribution in [3.8, 4) is 0 Å². The lowest BCUT2D eigenvalue weighted by Crippen LogP contribution is -2.22. The van der Waals surface area contributed by atoms with Gasteiger partial charge in [-0.25, -0.2) is 4.98 Å². The molecule has 6 nitrogen and oxygen atoms in total. The number of pyridine rings is 1. The third kappa shape index (κ3) is 3.61. The number of para-hydroxylation sites is 2. The van der Waals surface area contributed by atoms with Crippen LogP contribution >= 0.6 is 0 Å². The second-order valence-electron chi connectivity index (χ2n) is 4.17. The lowest BCUT2D eigenvalue weighted by molar-refractivity contribution is -0.114. The standard InChI is InChI=1S/C14H17N5O/c1-16-13-7-6-10(8-18-13)19-14(20)9-17-12-5-3-2-4-11(12)15/h2-8,17H,9,15H2,1H3,(H,16,18)(H,19,20). The van der Waals surface area contributed by atoms with Crippen molar-refractivity contribution in [3.05, 3.63) is 42.6 Å². The average molecular weight is 271 g/mol. The van der Waals surface area contributed by atoms with Crippen LogP contribution in [0.25, 0.3) is 0 Å². The Kier molecular flexibility index (Phi) is 4.39. The lowest BCUT2D eigenvalue weighted by atomic mass is 10.2. The van der Waals surface area contributed by atoms with Gasteiger partial charge >= 0.3 is 0 Å². The number of carbonyl (C=O) groups excluding carboxylic acids is 1. The highest BCUT2D eigenvalue weighted by Gasteiger charge is 2.04. The fraction of sp³-hybridized carbons (Fsp3) is 0.143. The second kappa shape index (κ2) is 6.42. The molecule has 0 saturated heterocycles. The number of aromatic nitrogens is 1. The van der Waals surface area contributed by atoms with E-state index in [1.807, 2.05) is 18.2 Å². The van der Waals surface area contributed by atoms with Gasteiger partial charge in [-0.3, -0.25) is 4.79 Å². The van der Waals surface area contributed by atoms with Crippen molar-refractivity contribution in [1.29, 1.82) is 0 Å². The first-order valence-corrected chi connectivity index (χ1v) is 6.21. The van der Waals surface area contributed by atoms with Crippen LogP contribution in [0.5, 0.6) is 0 Å². The van der Waals surface area contributed by atoms with Crippen molar-refractivity contribution in [2.75, 3.05) is 35.3 Å². The first kappa shape index (κ1) is 13.7. The molecule has 2 rings (SSSR count). The molecule has 20 heavy (non-hydrogen) atoms. The van der Waals surface area contributed by atoms with Gasteiger partial charge < -0.3 is 21.7 Å². The molecule has 0 aliphatic rings. The Balaban J connectivity index is 1.87. The normalized spacial score (nSPS) is 9.85. The van der Waals surface area contributed by atoms with E-state index in [-0.39, 0.29) is 12.5 Å². The Hall–Kier alpha value is -2.76. The first-order chi connectivity index (χ1) is 9.69. The molecular formula is C14H17N5O. The van der Waals surface area contributed by atoms with Crippen molar-refractivity contribution < 1.29 is 4.79 Å². The van der Waals surface area contributed by atoms with Crippen molar-refractivity contribution in [3.63, 3.8) is 0 Å². The fourth-order valence-electron chi connectivity index (χ4n) is 1.65. The molecule has 0 aliphatic carbocycles. The van der Waals surface area contributed by atoms with Crippen LogP contribution in [0.3, 0.4) is 0 Å². The zero-order chi connectivity index (χ0) is 14.4. The summed E-state index contributed by atoms with van der Waals surface area (Å²) in [6, 6.07) is 10.9. The van der Waals surface area contributed by atoms with Crippen LogP contribution < -0.4 is 21.7 Å². The van der Waals surface area contributed by atoms with E-state index in [0.717, 1.165) is 11.5 Å². The molecule has 0 saturated carbocycles. The van der Waals surface area contributed by atoms with E-state index >= 15 is 0 Å². The van der Waals surface area contributed by atoms with E-state index in [9.17, 15) is 4.79 Å². The molecule has 104 valence electrons. The number of carbonyl (C=O) groups is 1. The average Bonchev–Trinajstić information content (AvgIpc) is 2.47. The number of amides is 1. The molecule has 1 amide bonds. The smallest absolute Gasteiger partial charge is 0.243 e. The molecular weight excluding hydrogens is 254 g/mol. The summed E-state index contributed by atoms with van der Waals surface area (Å²) in [6.07, 6.45) is 1.60. The summed E-state index contributed by atoms with van der Waals surface area (Å²) in [5, 5.41) is 8.65. The molecule has 1 heterocycles. The van der Waals surface area contributed by atoms with Crippen LogP contribution in [-0.2, 0) is 4.79 Å². The van der Waals surface area contributed by atoms with Crippen LogP contribution in [0.2, 0.25) is 0 Å². The molecule has 0 aliphatic heterocycles. The second-order valence-corrected chi connectivity index (χ2v) is 4.17. The maximum atomic E-state index is 11.8. The Labute approximate surface area is 117 Å². The minimum Gasteiger partial charge on any atom is -0.397 e. The lowest BCUT2D eigenvalue weighted by Gasteiger charge is -2.09. The molecule has 6 heteroatoms. The molecule has 0 radical (unpaired) electrons. The summed E-state index contributed by atoms with van der Waals surface area (Å²) >= 11 is 0. The number of rotatable bonds is 5. The van der Waals surface area contributed by atoms with Gasteiger partial charge in [-0.1, -0.05) is 12.1 Å². The largest absolute Gasteiger partial charge is 0.397 e. The van der Waals surface area contributed by atoms with Gasteiger partial charge in [-0.05, 0) is 24.3 Å². The Morgan fingerprint density at radius 1 is 1.25 bits per heavy atom. The monoisotopic (exact) mass is 271 g/mol. The number of nitrogens with two attached hydrogens (primary N) is 1. The number of nitrogen functional groups attached to an aromatic ring is 1. The molecule has 2 aromatic rings. The van der Waals surface area contributed by atoms with E-state index < -0.39 is 0 Å². The number of nitrogens with one attached hydrogen (secondary N) is 3. The number of benzene rings is 1. The molecule has 0 atom stereocenters. The van der Waals surface area contributed by atoms with Crippen LogP contribution in [0.1, 0.15) is 0 Å². The summed E-state index contributed by atoms with van der Waals surface area (Å²) in [5.41, 5.74) is 7.78. The molecule has 0 fully saturated rings. The SMILES string of the molecule is CNc1ccc(NC(=O)CNc2ccccc2N)cn1. The highest BCUT2D eigenvalue weighted by molar-refractivity contribution is 5.94. The zero-order valence-electron chi connectivity index (χ0n) is 11.2. The molecule has 1 aromatic carbocycles. The van der Waals surface area contributed by atoms with Gasteiger partial charge in [0.05, 0.1) is 29.8 Å². The van der Waals surface area contributed by atoms with Crippen molar-refractivity contribution >= 4 is 28.8 Å². The first-order valence-electron chi connectivity index (χ1n) is 6.21. The van der Waals surface area contributed by atoms with E-state index in [1.165, 1.54) is 0 Å². The van der Waals surface area contributed by atoms with Crippen molar-refractivity contribution in [1.82, 2.24) is 4.98 Å². The van der Waals surface area contributed by atoms with Crippen LogP contribution in [0.15, 0.2) is 42.6 Å². The van der Waals surface area contributed by atoms with Crippen molar-refractivity contribution in [2.24, 2.45) is 0 Å². The third-order valence-corrected chi connectivity index (χ3v) is 2.70. The number of hydrogen-bond acceptors (Lipinski definition) is 5. The molecule has 5 N–H and O–H groups in total. The third-order valence-electron chi connectivity index (χ3n) is 2.70. The predicted molar refractivity (Wildman–Crippen MR) is 81.8 cm³/mol. The quantitative estimate of drug-likeness (QED) is 0.622. The highest BCUT2D eigenvalue weighted by Crippen LogP contribution is 2.16. The summed E-state index contributed by atoms with van der Waals surface area (Å²) in [5.74, 6) is 0.588. The number of anilines is 4. The van der Waals surface area contributed by atoms with Gasteiger partial charge in [-0.15, -0.1) is 0 Å². The molecule has 0 bridgehead atoms. The maximum Gasteiger partial charge on any atom is 0.243 e. The fourth-order valence-corrected chi connectivity index (χ4v) is 1.65. The number of nitrogens with zero attached hydrogens (tertiary/aromatic N) is 1. The van der Waals surface area contributed by atoms with Gasteiger partial charge in [-0.2, -0.15) is 0 Å². The van der Waals surface area contributed by atoms with Crippen LogP contribution in [0.4, 0.5) is 22.9 Å².